The Morgan fingerprint density at radius 3 is 2.93 bits per heavy atom. The zero-order chi connectivity index (χ0) is 18.6. The third-order valence-corrected chi connectivity index (χ3v) is 5.22. The monoisotopic (exact) mass is 373 g/mol. The lowest BCUT2D eigenvalue weighted by Crippen LogP contribution is -2.40. The summed E-state index contributed by atoms with van der Waals surface area (Å²) in [6, 6.07) is 3.76. The van der Waals surface area contributed by atoms with Crippen LogP contribution in [0.4, 0.5) is 10.6 Å². The highest BCUT2D eigenvalue weighted by Gasteiger charge is 2.31. The van der Waals surface area contributed by atoms with E-state index in [2.05, 4.69) is 26.0 Å². The van der Waals surface area contributed by atoms with E-state index in [4.69, 9.17) is 9.26 Å². The number of carbonyl (C=O) groups is 2. The van der Waals surface area contributed by atoms with Gasteiger partial charge in [0.15, 0.2) is 5.82 Å². The molecule has 0 aliphatic heterocycles. The summed E-state index contributed by atoms with van der Waals surface area (Å²) >= 11 is 0. The van der Waals surface area contributed by atoms with Gasteiger partial charge in [0.25, 0.3) is 0 Å². The van der Waals surface area contributed by atoms with E-state index in [1.807, 2.05) is 6.07 Å². The number of anilines is 1. The second-order valence-corrected chi connectivity index (χ2v) is 7.22. The van der Waals surface area contributed by atoms with Crippen molar-refractivity contribution in [3.05, 3.63) is 29.8 Å². The fourth-order valence-electron chi connectivity index (χ4n) is 3.52. The molecule has 4 rings (SSSR count). The van der Waals surface area contributed by atoms with Gasteiger partial charge in [-0.2, -0.15) is 5.10 Å². The Hall–Kier alpha value is -2.84. The maximum atomic E-state index is 12.0. The summed E-state index contributed by atoms with van der Waals surface area (Å²) in [5.41, 5.74) is 0.940. The first-order chi connectivity index (χ1) is 13.2. The van der Waals surface area contributed by atoms with Crippen molar-refractivity contribution in [1.82, 2.24) is 20.7 Å². The molecule has 9 heteroatoms. The molecule has 0 bridgehead atoms. The fourth-order valence-corrected chi connectivity index (χ4v) is 3.52. The summed E-state index contributed by atoms with van der Waals surface area (Å²) < 4.78 is 10.5. The predicted molar refractivity (Wildman–Crippen MR) is 95.1 cm³/mol. The molecule has 9 nitrogen and oxygen atoms in total. The number of alkyl carbamates (subject to hydrolysis) is 1. The Morgan fingerprint density at radius 1 is 1.30 bits per heavy atom. The lowest BCUT2D eigenvalue weighted by molar-refractivity contribution is -0.115. The molecule has 0 unspecified atom stereocenters. The maximum Gasteiger partial charge on any atom is 0.407 e. The van der Waals surface area contributed by atoms with Gasteiger partial charge in [-0.25, -0.2) is 4.79 Å². The van der Waals surface area contributed by atoms with Crippen LogP contribution in [0.1, 0.15) is 55.9 Å². The van der Waals surface area contributed by atoms with Gasteiger partial charge in [0.2, 0.25) is 5.91 Å². The highest BCUT2D eigenvalue weighted by molar-refractivity contribution is 5.91. The molecule has 0 spiro atoms. The van der Waals surface area contributed by atoms with Crippen LogP contribution in [0, 0.1) is 0 Å². The van der Waals surface area contributed by atoms with Crippen LogP contribution in [0.15, 0.2) is 22.9 Å². The standard InChI is InChI=1S/C18H23N5O4/c24-17(9-14-6-7-19-27-14)21-16-10-15(22-23-16)11-4-5-13(8-11)26-18(25)20-12-2-1-3-12/h6-7,10-13H,1-5,8-9H2,(H,20,25)(H2,21,22,23,24)/t11-,13+/m0/s1. The minimum atomic E-state index is -0.310. The summed E-state index contributed by atoms with van der Waals surface area (Å²) in [5, 5.41) is 16.3. The van der Waals surface area contributed by atoms with Crippen molar-refractivity contribution < 1.29 is 18.8 Å². The Labute approximate surface area is 156 Å². The van der Waals surface area contributed by atoms with Crippen LogP contribution in [0.3, 0.4) is 0 Å². The van der Waals surface area contributed by atoms with Gasteiger partial charge in [0.05, 0.1) is 12.6 Å². The van der Waals surface area contributed by atoms with E-state index >= 15 is 0 Å². The summed E-state index contributed by atoms with van der Waals surface area (Å²) in [5.74, 6) is 0.991. The van der Waals surface area contributed by atoms with E-state index in [1.54, 1.807) is 6.07 Å². The van der Waals surface area contributed by atoms with Gasteiger partial charge in [-0.1, -0.05) is 5.16 Å². The van der Waals surface area contributed by atoms with E-state index in [1.165, 1.54) is 12.6 Å². The van der Waals surface area contributed by atoms with Gasteiger partial charge in [-0.3, -0.25) is 9.89 Å². The van der Waals surface area contributed by atoms with Gasteiger partial charge in [0.1, 0.15) is 11.9 Å². The van der Waals surface area contributed by atoms with Crippen molar-refractivity contribution in [1.29, 1.82) is 0 Å². The van der Waals surface area contributed by atoms with Gasteiger partial charge in [0, 0.05) is 29.8 Å². The van der Waals surface area contributed by atoms with Crippen LogP contribution < -0.4 is 10.6 Å². The van der Waals surface area contributed by atoms with Gasteiger partial charge in [-0.15, -0.1) is 0 Å². The number of aromatic nitrogens is 3. The quantitative estimate of drug-likeness (QED) is 0.715. The van der Waals surface area contributed by atoms with Crippen molar-refractivity contribution >= 4 is 17.8 Å². The Balaban J connectivity index is 1.24. The predicted octanol–water partition coefficient (Wildman–Crippen LogP) is 2.49. The van der Waals surface area contributed by atoms with Crippen LogP contribution in [0.25, 0.3) is 0 Å². The van der Waals surface area contributed by atoms with Crippen LogP contribution >= 0.6 is 0 Å². The minimum Gasteiger partial charge on any atom is -0.446 e. The first-order valence-electron chi connectivity index (χ1n) is 9.37. The highest BCUT2D eigenvalue weighted by Crippen LogP contribution is 2.36. The lowest BCUT2D eigenvalue weighted by atomic mass is 9.93. The number of carbonyl (C=O) groups excluding carboxylic acids is 2. The van der Waals surface area contributed by atoms with Crippen LogP contribution in [0.5, 0.6) is 0 Å². The molecule has 2 aliphatic rings. The van der Waals surface area contributed by atoms with Crippen molar-refractivity contribution in [3.8, 4) is 0 Å². The van der Waals surface area contributed by atoms with Gasteiger partial charge in [-0.05, 0) is 38.5 Å². The zero-order valence-corrected chi connectivity index (χ0v) is 14.9. The fraction of sp³-hybridized carbons (Fsp3) is 0.556. The first kappa shape index (κ1) is 17.6. The molecule has 2 saturated carbocycles. The molecule has 27 heavy (non-hydrogen) atoms. The number of H-pyrrole nitrogens is 1. The van der Waals surface area contributed by atoms with Crippen molar-refractivity contribution in [2.24, 2.45) is 0 Å². The van der Waals surface area contributed by atoms with Crippen molar-refractivity contribution in [2.45, 2.75) is 63.0 Å². The maximum absolute atomic E-state index is 12.0. The summed E-state index contributed by atoms with van der Waals surface area (Å²) in [6.45, 7) is 0. The topological polar surface area (TPSA) is 122 Å². The number of ether oxygens (including phenoxy) is 1. The smallest absolute Gasteiger partial charge is 0.407 e. The van der Waals surface area contributed by atoms with Gasteiger partial charge >= 0.3 is 6.09 Å². The number of aromatic amines is 1. The summed E-state index contributed by atoms with van der Waals surface area (Å²) in [7, 11) is 0. The van der Waals surface area contributed by atoms with Crippen LogP contribution in [0.2, 0.25) is 0 Å². The second kappa shape index (κ2) is 7.81. The van der Waals surface area contributed by atoms with E-state index in [0.717, 1.165) is 37.8 Å². The number of hydrogen-bond acceptors (Lipinski definition) is 6. The second-order valence-electron chi connectivity index (χ2n) is 7.22. The third kappa shape index (κ3) is 4.47. The largest absolute Gasteiger partial charge is 0.446 e. The number of rotatable bonds is 6. The Morgan fingerprint density at radius 2 is 2.19 bits per heavy atom. The van der Waals surface area contributed by atoms with Gasteiger partial charge < -0.3 is 19.9 Å². The average Bonchev–Trinajstić information content (AvgIpc) is 3.33. The zero-order valence-electron chi connectivity index (χ0n) is 14.9. The highest BCUT2D eigenvalue weighted by atomic mass is 16.6. The lowest BCUT2D eigenvalue weighted by Gasteiger charge is -2.26. The molecule has 2 atom stereocenters. The van der Waals surface area contributed by atoms with Crippen molar-refractivity contribution in [2.75, 3.05) is 5.32 Å². The summed E-state index contributed by atoms with van der Waals surface area (Å²) in [4.78, 5) is 23.9. The molecule has 2 amide bonds. The average molecular weight is 373 g/mol. The van der Waals surface area contributed by atoms with E-state index in [-0.39, 0.29) is 36.5 Å². The van der Waals surface area contributed by atoms with E-state index in [0.29, 0.717) is 11.6 Å². The van der Waals surface area contributed by atoms with E-state index in [9.17, 15) is 9.59 Å². The minimum absolute atomic E-state index is 0.0807. The molecular weight excluding hydrogens is 350 g/mol. The molecule has 144 valence electrons. The summed E-state index contributed by atoms with van der Waals surface area (Å²) in [6.07, 6.45) is 6.97. The van der Waals surface area contributed by atoms with E-state index < -0.39 is 0 Å². The SMILES string of the molecule is O=C(Cc1ccno1)Nc1cc([C@H]2CC[C@@H](OC(=O)NC3CCC3)C2)[nH]n1. The number of amides is 2. The molecule has 2 aromatic rings. The Kier molecular flexibility index (Phi) is 5.08. The molecule has 3 N–H and O–H groups in total. The molecule has 2 fully saturated rings. The molecular formula is C18H23N5O4. The first-order valence-corrected chi connectivity index (χ1v) is 9.37. The Bertz CT molecular complexity index is 784. The van der Waals surface area contributed by atoms with Crippen LogP contribution in [-0.2, 0) is 16.0 Å². The molecule has 2 aromatic heterocycles. The molecule has 0 aromatic carbocycles. The number of nitrogens with zero attached hydrogens (tertiary/aromatic N) is 2. The molecule has 0 radical (unpaired) electrons. The number of nitrogens with one attached hydrogen (secondary N) is 3. The molecule has 2 aliphatic carbocycles. The normalized spacial score (nSPS) is 22.2. The molecule has 0 saturated heterocycles. The van der Waals surface area contributed by atoms with Crippen molar-refractivity contribution in [3.63, 3.8) is 0 Å². The molecule has 2 heterocycles. The number of hydrogen-bond donors (Lipinski definition) is 3. The third-order valence-electron chi connectivity index (χ3n) is 5.22. The van der Waals surface area contributed by atoms with Crippen LogP contribution in [-0.4, -0.2) is 39.5 Å².